The number of unbranched alkanes of at least 4 members (excludes halogenated alkanes) is 2. The van der Waals surface area contributed by atoms with Gasteiger partial charge in [0.25, 0.3) is 27.7 Å². The number of rotatable bonds is 17. The van der Waals surface area contributed by atoms with Crippen molar-refractivity contribution in [2.75, 3.05) is 32.8 Å². The first kappa shape index (κ1) is 43.9. The van der Waals surface area contributed by atoms with Gasteiger partial charge in [-0.1, -0.05) is 92.9 Å². The van der Waals surface area contributed by atoms with E-state index in [4.69, 9.17) is 21.1 Å². The van der Waals surface area contributed by atoms with Crippen LogP contribution in [-0.4, -0.2) is 78.6 Å². The number of amides is 3. The zero-order valence-corrected chi connectivity index (χ0v) is 36.7. The third-order valence-electron chi connectivity index (χ3n) is 10.9. The number of benzene rings is 5. The van der Waals surface area contributed by atoms with E-state index in [0.29, 0.717) is 61.7 Å². The van der Waals surface area contributed by atoms with Crippen molar-refractivity contribution < 1.29 is 32.3 Å². The van der Waals surface area contributed by atoms with Crippen molar-refractivity contribution in [3.63, 3.8) is 0 Å². The molecule has 0 unspecified atom stereocenters. The summed E-state index contributed by atoms with van der Waals surface area (Å²) < 4.78 is 42.8. The highest BCUT2D eigenvalue weighted by molar-refractivity contribution is 7.90. The molecule has 0 saturated heterocycles. The molecule has 0 fully saturated rings. The lowest BCUT2D eigenvalue weighted by Gasteiger charge is -2.29. The molecule has 322 valence electrons. The van der Waals surface area contributed by atoms with Crippen molar-refractivity contribution in [1.82, 2.24) is 24.3 Å². The normalized spacial score (nSPS) is 12.5. The van der Waals surface area contributed by atoms with E-state index in [1.807, 2.05) is 60.7 Å². The van der Waals surface area contributed by atoms with E-state index in [9.17, 15) is 22.8 Å². The third kappa shape index (κ3) is 9.95. The predicted octanol–water partition coefficient (Wildman–Crippen LogP) is 8.80. The van der Waals surface area contributed by atoms with Crippen LogP contribution in [0.15, 0.2) is 114 Å². The van der Waals surface area contributed by atoms with E-state index >= 15 is 0 Å². The molecule has 3 amide bonds. The molecular weight excluding hydrogens is 826 g/mol. The Hall–Kier alpha value is -6.18. The first-order valence-corrected chi connectivity index (χ1v) is 22.8. The Kier molecular flexibility index (Phi) is 13.9. The van der Waals surface area contributed by atoms with Gasteiger partial charge < -0.3 is 19.3 Å². The van der Waals surface area contributed by atoms with Gasteiger partial charge in [-0.25, -0.2) is 17.8 Å². The molecule has 6 aromatic rings. The topological polar surface area (TPSA) is 140 Å². The average Bonchev–Trinajstić information content (AvgIpc) is 3.59. The van der Waals surface area contributed by atoms with Gasteiger partial charge in [0.1, 0.15) is 24.7 Å². The number of sulfonamides is 1. The highest BCUT2D eigenvalue weighted by Crippen LogP contribution is 2.30. The fraction of sp³-hybridized carbons (Fsp3) is 0.292. The highest BCUT2D eigenvalue weighted by Gasteiger charge is 2.30. The average molecular weight is 876 g/mol. The monoisotopic (exact) mass is 875 g/mol. The molecule has 7 rings (SSSR count). The Labute approximate surface area is 367 Å². The summed E-state index contributed by atoms with van der Waals surface area (Å²) in [5.41, 5.74) is 2.98. The molecular formula is C48H50ClN5O7S. The molecule has 1 aliphatic heterocycles. The number of nitrogens with one attached hydrogen (secondary N) is 1. The maximum atomic E-state index is 14.6. The second-order valence-electron chi connectivity index (χ2n) is 15.3. The Morgan fingerprint density at radius 3 is 2.19 bits per heavy atom. The summed E-state index contributed by atoms with van der Waals surface area (Å²) in [6, 6.07) is 31.5. The minimum atomic E-state index is -4.39. The molecule has 12 nitrogen and oxygen atoms in total. The number of para-hydroxylation sites is 1. The molecule has 0 aliphatic carbocycles. The fourth-order valence-corrected chi connectivity index (χ4v) is 8.63. The lowest BCUT2D eigenvalue weighted by Crippen LogP contribution is -2.37. The predicted molar refractivity (Wildman–Crippen MR) is 240 cm³/mol. The molecule has 14 heteroatoms. The zero-order chi connectivity index (χ0) is 43.8. The Morgan fingerprint density at radius 1 is 0.790 bits per heavy atom. The van der Waals surface area contributed by atoms with Crippen molar-refractivity contribution in [2.45, 2.75) is 64.3 Å². The van der Waals surface area contributed by atoms with Gasteiger partial charge in [0.2, 0.25) is 0 Å². The van der Waals surface area contributed by atoms with Crippen LogP contribution in [0.2, 0.25) is 5.02 Å². The number of ether oxygens (including phenoxy) is 2. The van der Waals surface area contributed by atoms with E-state index in [2.05, 4.69) is 23.7 Å². The number of hydrogen-bond acceptors (Lipinski definition) is 8. The molecule has 0 bridgehead atoms. The molecule has 1 N–H and O–H groups in total. The number of hydrogen-bond donors (Lipinski definition) is 1. The van der Waals surface area contributed by atoms with Gasteiger partial charge in [-0.05, 0) is 103 Å². The second kappa shape index (κ2) is 19.7. The summed E-state index contributed by atoms with van der Waals surface area (Å²) in [6.07, 6.45) is 4.11. The number of carbonyl (C=O) groups excluding carboxylic acids is 3. The molecule has 0 atom stereocenters. The number of fused-ring (bicyclic) bond motifs is 2. The van der Waals surface area contributed by atoms with E-state index in [-0.39, 0.29) is 39.3 Å². The van der Waals surface area contributed by atoms with Gasteiger partial charge >= 0.3 is 0 Å². The van der Waals surface area contributed by atoms with Gasteiger partial charge in [-0.2, -0.15) is 5.10 Å². The molecule has 2 heterocycles. The second-order valence-corrected chi connectivity index (χ2v) is 17.3. The lowest BCUT2D eigenvalue weighted by atomic mass is 9.98. The van der Waals surface area contributed by atoms with E-state index in [1.165, 1.54) is 35.0 Å². The smallest absolute Gasteiger partial charge is 0.275 e. The Morgan fingerprint density at radius 2 is 1.47 bits per heavy atom. The molecule has 5 aromatic carbocycles. The summed E-state index contributed by atoms with van der Waals surface area (Å²) >= 11 is 6.85. The van der Waals surface area contributed by atoms with Crippen molar-refractivity contribution >= 4 is 50.1 Å². The van der Waals surface area contributed by atoms with Crippen LogP contribution in [-0.2, 0) is 23.0 Å². The van der Waals surface area contributed by atoms with Gasteiger partial charge in [-0.15, -0.1) is 0 Å². The maximum absolute atomic E-state index is 14.6. The summed E-state index contributed by atoms with van der Waals surface area (Å²) in [7, 11) is -4.39. The molecule has 0 radical (unpaired) electrons. The molecule has 0 spiro atoms. The van der Waals surface area contributed by atoms with E-state index < -0.39 is 21.8 Å². The lowest BCUT2D eigenvalue weighted by molar-refractivity contribution is 0.0732. The highest BCUT2D eigenvalue weighted by atomic mass is 35.5. The van der Waals surface area contributed by atoms with Gasteiger partial charge in [0.15, 0.2) is 5.69 Å². The Bertz CT molecular complexity index is 2700. The number of carbonyl (C=O) groups is 3. The minimum Gasteiger partial charge on any atom is -0.490 e. The quantitative estimate of drug-likeness (QED) is 0.0898. The summed E-state index contributed by atoms with van der Waals surface area (Å²) in [4.78, 5) is 45.7. The van der Waals surface area contributed by atoms with Crippen LogP contribution in [0.3, 0.4) is 0 Å². The van der Waals surface area contributed by atoms with Crippen molar-refractivity contribution in [3.8, 4) is 17.2 Å². The van der Waals surface area contributed by atoms with E-state index in [0.717, 1.165) is 47.9 Å². The van der Waals surface area contributed by atoms with Crippen molar-refractivity contribution in [3.05, 3.63) is 148 Å². The summed E-state index contributed by atoms with van der Waals surface area (Å²) in [6.45, 7) is 8.30. The Balaban J connectivity index is 1.16. The van der Waals surface area contributed by atoms with Crippen LogP contribution >= 0.6 is 11.6 Å². The molecule has 1 aliphatic rings. The maximum Gasteiger partial charge on any atom is 0.275 e. The first-order chi connectivity index (χ1) is 30.0. The standard InChI is InChI=1S/C48H50ClN5O7S/c1-4-6-24-52(25-7-5-2)48(57)45-44(49)33(3)54(50-45)43-22-19-36(31-42(43)47(56)53-26-23-34-13-11-12-14-37(34)32-53)46(55)51-62(58,59)41-21-18-35-17-20-40(29-38(35)30-41)61-28-27-60-39-15-9-8-10-16-39/h8-22,29-31H,4-7,23-28,32H2,1-3H3,(H,51,55). The van der Waals surface area contributed by atoms with Gasteiger partial charge in [-0.3, -0.25) is 14.4 Å². The largest absolute Gasteiger partial charge is 0.490 e. The minimum absolute atomic E-state index is 0.0650. The zero-order valence-electron chi connectivity index (χ0n) is 35.1. The van der Waals surface area contributed by atoms with Crippen LogP contribution < -0.4 is 14.2 Å². The number of aromatic nitrogens is 2. The van der Waals surface area contributed by atoms with Crippen LogP contribution in [0.1, 0.15) is 87.6 Å². The molecule has 0 saturated carbocycles. The van der Waals surface area contributed by atoms with E-state index in [1.54, 1.807) is 34.9 Å². The van der Waals surface area contributed by atoms with Crippen LogP contribution in [0.25, 0.3) is 16.5 Å². The number of halogens is 1. The van der Waals surface area contributed by atoms with Crippen LogP contribution in [0.4, 0.5) is 0 Å². The third-order valence-corrected chi connectivity index (χ3v) is 12.7. The number of nitrogens with zero attached hydrogens (tertiary/aromatic N) is 4. The van der Waals surface area contributed by atoms with Crippen LogP contribution in [0.5, 0.6) is 11.5 Å². The fourth-order valence-electron chi connectivity index (χ4n) is 7.43. The van der Waals surface area contributed by atoms with Crippen molar-refractivity contribution in [2.24, 2.45) is 0 Å². The summed E-state index contributed by atoms with van der Waals surface area (Å²) in [5, 5.41) is 6.22. The SMILES string of the molecule is CCCCN(CCCC)C(=O)c1nn(-c2ccc(C(=O)NS(=O)(=O)c3ccc4ccc(OCCOc5ccccc5)cc4c3)cc2C(=O)N2CCc3ccccc3C2)c(C)c1Cl. The first-order valence-electron chi connectivity index (χ1n) is 20.9. The molecule has 1 aromatic heterocycles. The summed E-state index contributed by atoms with van der Waals surface area (Å²) in [5.74, 6) is -0.370. The van der Waals surface area contributed by atoms with Gasteiger partial charge in [0, 0.05) is 31.7 Å². The molecule has 62 heavy (non-hydrogen) atoms. The van der Waals surface area contributed by atoms with Crippen LogP contribution in [0, 0.1) is 6.92 Å². The van der Waals surface area contributed by atoms with Gasteiger partial charge in [0.05, 0.1) is 26.9 Å². The van der Waals surface area contributed by atoms with Crippen molar-refractivity contribution in [1.29, 1.82) is 0 Å².